The summed E-state index contributed by atoms with van der Waals surface area (Å²) < 4.78 is 0. The maximum absolute atomic E-state index is 11.3. The van der Waals surface area contributed by atoms with Crippen LogP contribution in [0.3, 0.4) is 0 Å². The maximum Gasteiger partial charge on any atom is 0.0596 e. The highest BCUT2D eigenvalue weighted by atomic mass is 16.3. The van der Waals surface area contributed by atoms with Gasteiger partial charge in [-0.25, -0.2) is 0 Å². The average molecular weight is 411 g/mol. The van der Waals surface area contributed by atoms with Crippen LogP contribution in [0.5, 0.6) is 0 Å². The maximum atomic E-state index is 11.3. The van der Waals surface area contributed by atoms with Crippen molar-refractivity contribution in [1.82, 2.24) is 0 Å². The first-order valence-electron chi connectivity index (χ1n) is 13.8. The van der Waals surface area contributed by atoms with Crippen LogP contribution in [0.25, 0.3) is 0 Å². The molecule has 0 aromatic heterocycles. The number of hydrogen-bond donors (Lipinski definition) is 1. The minimum atomic E-state index is -0.0737. The standard InChI is InChI=1S/C28H58O/c1-5-9-12-15-18-21-25-28(24-8-4,26-22-19-16-13-10-6-2)27(29)23-20-17-14-11-7-3/h27,29H,5-26H2,1-4H3. The van der Waals surface area contributed by atoms with Gasteiger partial charge in [-0.2, -0.15) is 0 Å². The van der Waals surface area contributed by atoms with E-state index in [1.807, 2.05) is 0 Å². The van der Waals surface area contributed by atoms with Crippen LogP contribution in [-0.2, 0) is 0 Å². The van der Waals surface area contributed by atoms with Crippen LogP contribution in [0, 0.1) is 5.41 Å². The molecule has 0 spiro atoms. The molecule has 0 fully saturated rings. The van der Waals surface area contributed by atoms with E-state index in [1.165, 1.54) is 135 Å². The Labute approximate surface area is 185 Å². The Kier molecular flexibility index (Phi) is 21.2. The Hall–Kier alpha value is -0.0400. The zero-order valence-corrected chi connectivity index (χ0v) is 21.1. The molecular weight excluding hydrogens is 352 g/mol. The van der Waals surface area contributed by atoms with Gasteiger partial charge in [0, 0.05) is 0 Å². The first kappa shape index (κ1) is 29.0. The molecule has 29 heavy (non-hydrogen) atoms. The van der Waals surface area contributed by atoms with Crippen molar-refractivity contribution in [2.45, 2.75) is 175 Å². The van der Waals surface area contributed by atoms with E-state index < -0.39 is 0 Å². The SMILES string of the molecule is CCCCCCCCC(CCC)(CCCCCCCC)C(O)CCCCCCC. The molecule has 0 amide bonds. The number of aliphatic hydroxyl groups excluding tert-OH is 1. The summed E-state index contributed by atoms with van der Waals surface area (Å²) >= 11 is 0. The largest absolute Gasteiger partial charge is 0.393 e. The van der Waals surface area contributed by atoms with Gasteiger partial charge in [0.2, 0.25) is 0 Å². The summed E-state index contributed by atoms with van der Waals surface area (Å²) in [4.78, 5) is 0. The molecule has 0 heterocycles. The number of hydrogen-bond acceptors (Lipinski definition) is 1. The van der Waals surface area contributed by atoms with Gasteiger partial charge in [-0.15, -0.1) is 0 Å². The molecule has 1 heteroatoms. The van der Waals surface area contributed by atoms with Gasteiger partial charge in [0.15, 0.2) is 0 Å². The minimum absolute atomic E-state index is 0.0737. The van der Waals surface area contributed by atoms with Crippen molar-refractivity contribution < 1.29 is 5.11 Å². The molecule has 0 radical (unpaired) electrons. The molecule has 0 aliphatic rings. The van der Waals surface area contributed by atoms with Gasteiger partial charge in [-0.3, -0.25) is 0 Å². The second-order valence-corrected chi connectivity index (χ2v) is 9.87. The van der Waals surface area contributed by atoms with E-state index in [-0.39, 0.29) is 11.5 Å². The summed E-state index contributed by atoms with van der Waals surface area (Å²) in [5, 5.41) is 11.3. The fraction of sp³-hybridized carbons (Fsp3) is 1.00. The van der Waals surface area contributed by atoms with Crippen LogP contribution < -0.4 is 0 Å². The van der Waals surface area contributed by atoms with Crippen LogP contribution in [0.4, 0.5) is 0 Å². The van der Waals surface area contributed by atoms with Gasteiger partial charge in [-0.1, -0.05) is 143 Å². The Balaban J connectivity index is 4.64. The lowest BCUT2D eigenvalue weighted by molar-refractivity contribution is -0.00770. The van der Waals surface area contributed by atoms with Gasteiger partial charge in [0.1, 0.15) is 0 Å². The minimum Gasteiger partial charge on any atom is -0.393 e. The van der Waals surface area contributed by atoms with Gasteiger partial charge < -0.3 is 5.11 Å². The van der Waals surface area contributed by atoms with Crippen molar-refractivity contribution in [2.75, 3.05) is 0 Å². The third kappa shape index (κ3) is 15.4. The van der Waals surface area contributed by atoms with Crippen molar-refractivity contribution in [1.29, 1.82) is 0 Å². The lowest BCUT2D eigenvalue weighted by atomic mass is 9.69. The van der Waals surface area contributed by atoms with Crippen LogP contribution in [0.2, 0.25) is 0 Å². The zero-order valence-electron chi connectivity index (χ0n) is 21.1. The second kappa shape index (κ2) is 21.2. The Morgan fingerprint density at radius 2 is 0.828 bits per heavy atom. The molecule has 1 nitrogen and oxygen atoms in total. The molecule has 0 bridgehead atoms. The Morgan fingerprint density at radius 1 is 0.448 bits per heavy atom. The van der Waals surface area contributed by atoms with Crippen molar-refractivity contribution >= 4 is 0 Å². The zero-order chi connectivity index (χ0) is 21.6. The summed E-state index contributed by atoms with van der Waals surface area (Å²) in [5.74, 6) is 0. The summed E-state index contributed by atoms with van der Waals surface area (Å²) in [5.41, 5.74) is 0.203. The van der Waals surface area contributed by atoms with Gasteiger partial charge >= 0.3 is 0 Å². The quantitative estimate of drug-likeness (QED) is 0.166. The fourth-order valence-electron chi connectivity index (χ4n) is 5.13. The monoisotopic (exact) mass is 410 g/mol. The molecule has 0 rings (SSSR count). The first-order chi connectivity index (χ1) is 14.2. The highest BCUT2D eigenvalue weighted by Gasteiger charge is 2.35. The number of unbranched alkanes of at least 4 members (excludes halogenated alkanes) is 14. The predicted octanol–water partition coefficient (Wildman–Crippen LogP) is 10.00. The fourth-order valence-corrected chi connectivity index (χ4v) is 5.13. The van der Waals surface area contributed by atoms with Crippen LogP contribution >= 0.6 is 0 Å². The van der Waals surface area contributed by atoms with Gasteiger partial charge in [0.05, 0.1) is 6.10 Å². The van der Waals surface area contributed by atoms with E-state index in [2.05, 4.69) is 27.7 Å². The summed E-state index contributed by atoms with van der Waals surface area (Å²) in [6.07, 6.45) is 28.9. The molecule has 0 aliphatic carbocycles. The molecule has 0 saturated heterocycles. The van der Waals surface area contributed by atoms with E-state index in [1.54, 1.807) is 0 Å². The molecular formula is C28H58O. The second-order valence-electron chi connectivity index (χ2n) is 9.87. The van der Waals surface area contributed by atoms with Crippen LogP contribution in [-0.4, -0.2) is 11.2 Å². The molecule has 0 saturated carbocycles. The molecule has 1 atom stereocenters. The molecule has 176 valence electrons. The Morgan fingerprint density at radius 3 is 1.24 bits per heavy atom. The smallest absolute Gasteiger partial charge is 0.0596 e. The lowest BCUT2D eigenvalue weighted by Gasteiger charge is -2.39. The van der Waals surface area contributed by atoms with E-state index in [0.717, 1.165) is 6.42 Å². The third-order valence-corrected chi connectivity index (χ3v) is 7.09. The van der Waals surface area contributed by atoms with Crippen LogP contribution in [0.1, 0.15) is 169 Å². The van der Waals surface area contributed by atoms with E-state index in [9.17, 15) is 5.11 Å². The van der Waals surface area contributed by atoms with E-state index in [0.29, 0.717) is 0 Å². The topological polar surface area (TPSA) is 20.2 Å². The summed E-state index contributed by atoms with van der Waals surface area (Å²) in [7, 11) is 0. The van der Waals surface area contributed by atoms with Crippen LogP contribution in [0.15, 0.2) is 0 Å². The predicted molar refractivity (Wildman–Crippen MR) is 133 cm³/mol. The van der Waals surface area contributed by atoms with Gasteiger partial charge in [-0.05, 0) is 31.1 Å². The van der Waals surface area contributed by atoms with Crippen molar-refractivity contribution in [3.8, 4) is 0 Å². The summed E-state index contributed by atoms with van der Waals surface area (Å²) in [6.45, 7) is 9.20. The highest BCUT2D eigenvalue weighted by molar-refractivity contribution is 4.86. The Bertz CT molecular complexity index is 295. The lowest BCUT2D eigenvalue weighted by Crippen LogP contribution is -2.35. The van der Waals surface area contributed by atoms with Crippen molar-refractivity contribution in [3.05, 3.63) is 0 Å². The summed E-state index contributed by atoms with van der Waals surface area (Å²) in [6, 6.07) is 0. The highest BCUT2D eigenvalue weighted by Crippen LogP contribution is 2.42. The normalized spacial score (nSPS) is 13.1. The van der Waals surface area contributed by atoms with Crippen molar-refractivity contribution in [3.63, 3.8) is 0 Å². The molecule has 0 aromatic rings. The molecule has 1 unspecified atom stereocenters. The molecule has 0 aromatic carbocycles. The number of aliphatic hydroxyl groups is 1. The van der Waals surface area contributed by atoms with E-state index >= 15 is 0 Å². The first-order valence-corrected chi connectivity index (χ1v) is 13.8. The number of rotatable bonds is 23. The molecule has 0 aliphatic heterocycles. The molecule has 1 N–H and O–H groups in total. The van der Waals surface area contributed by atoms with Crippen molar-refractivity contribution in [2.24, 2.45) is 5.41 Å². The third-order valence-electron chi connectivity index (χ3n) is 7.09. The average Bonchev–Trinajstić information content (AvgIpc) is 2.72. The van der Waals surface area contributed by atoms with Gasteiger partial charge in [0.25, 0.3) is 0 Å². The van der Waals surface area contributed by atoms with E-state index in [4.69, 9.17) is 0 Å².